The number of aldehydes is 1. The van der Waals surface area contributed by atoms with Crippen molar-refractivity contribution in [3.63, 3.8) is 0 Å². The molecule has 2 atom stereocenters. The van der Waals surface area contributed by atoms with Crippen LogP contribution in [0.3, 0.4) is 0 Å². The molecule has 138 valence electrons. The highest BCUT2D eigenvalue weighted by Gasteiger charge is 2.26. The molecule has 4 nitrogen and oxygen atoms in total. The number of halogens is 1. The van der Waals surface area contributed by atoms with Gasteiger partial charge in [0.25, 0.3) is 0 Å². The Hall–Kier alpha value is -2.11. The summed E-state index contributed by atoms with van der Waals surface area (Å²) in [4.78, 5) is 14.1. The lowest BCUT2D eigenvalue weighted by Crippen LogP contribution is -2.37. The maximum Gasteiger partial charge on any atom is 0.153 e. The van der Waals surface area contributed by atoms with E-state index in [1.54, 1.807) is 34.8 Å². The molecule has 2 aromatic rings. The van der Waals surface area contributed by atoms with Crippen LogP contribution in [0.1, 0.15) is 12.5 Å². The van der Waals surface area contributed by atoms with Gasteiger partial charge >= 0.3 is 0 Å². The Kier molecular flexibility index (Phi) is 7.00. The maximum absolute atomic E-state index is 13.4. The van der Waals surface area contributed by atoms with Crippen LogP contribution < -0.4 is 4.31 Å². The second-order valence-electron chi connectivity index (χ2n) is 6.20. The molecule has 2 aromatic carbocycles. The van der Waals surface area contributed by atoms with Crippen molar-refractivity contribution in [1.82, 2.24) is 4.90 Å². The van der Waals surface area contributed by atoms with Crippen molar-refractivity contribution in [2.24, 2.45) is 0 Å². The number of carbonyl (C=O) groups is 1. The molecule has 0 N–H and O–H groups in total. The largest absolute Gasteiger partial charge is 0.383 e. The molecule has 0 heterocycles. The molecule has 0 saturated heterocycles. The molecule has 0 aliphatic rings. The van der Waals surface area contributed by atoms with E-state index in [2.05, 4.69) is 0 Å². The van der Waals surface area contributed by atoms with Crippen LogP contribution in [-0.2, 0) is 15.8 Å². The summed E-state index contributed by atoms with van der Waals surface area (Å²) in [7, 11) is 2.20. The van der Waals surface area contributed by atoms with E-state index in [0.29, 0.717) is 15.5 Å². The fourth-order valence-corrected chi connectivity index (χ4v) is 4.10. The van der Waals surface area contributed by atoms with Crippen molar-refractivity contribution >= 4 is 34.6 Å². The Balaban J connectivity index is 2.55. The maximum atomic E-state index is 13.4. The zero-order valence-electron chi connectivity index (χ0n) is 15.3. The molecule has 0 bridgehead atoms. The third-order valence-corrected chi connectivity index (χ3v) is 5.72. The zero-order valence-corrected chi connectivity index (χ0v) is 16.9. The van der Waals surface area contributed by atoms with Crippen molar-refractivity contribution in [2.45, 2.75) is 24.8 Å². The number of para-hydroxylation sites is 1. The fraction of sp³-hybridized carbons (Fsp3) is 0.250. The quantitative estimate of drug-likeness (QED) is 0.525. The van der Waals surface area contributed by atoms with Gasteiger partial charge in [-0.15, -0.1) is 0 Å². The van der Waals surface area contributed by atoms with Gasteiger partial charge < -0.3 is 4.90 Å². The molecule has 2 rings (SSSR count). The summed E-state index contributed by atoms with van der Waals surface area (Å²) in [6.07, 6.45) is 2.57. The van der Waals surface area contributed by atoms with Gasteiger partial charge in [0, 0.05) is 30.9 Å². The summed E-state index contributed by atoms with van der Waals surface area (Å²) in [6.45, 7) is 3.84. The standard InChI is InChI=1S/C20H23ClN2O2S/c1-15-7-5-6-8-20(15)23(16(2)17(14-24)13-22(3)4)26(25)19-11-9-18(21)10-12-19/h5-14,16H,1-4H3/b17-13+. The molecule has 2 unspecified atom stereocenters. The van der Waals surface area contributed by atoms with Crippen LogP contribution >= 0.6 is 11.6 Å². The van der Waals surface area contributed by atoms with Crippen molar-refractivity contribution in [2.75, 3.05) is 18.4 Å². The first-order valence-electron chi connectivity index (χ1n) is 8.20. The van der Waals surface area contributed by atoms with Gasteiger partial charge in [0.2, 0.25) is 0 Å². The van der Waals surface area contributed by atoms with E-state index < -0.39 is 11.0 Å². The van der Waals surface area contributed by atoms with Crippen LogP contribution in [0.5, 0.6) is 0 Å². The van der Waals surface area contributed by atoms with E-state index >= 15 is 0 Å². The zero-order chi connectivity index (χ0) is 19.3. The third-order valence-electron chi connectivity index (χ3n) is 3.92. The minimum absolute atomic E-state index is 0.382. The number of anilines is 1. The second-order valence-corrected chi connectivity index (χ2v) is 8.00. The van der Waals surface area contributed by atoms with Crippen molar-refractivity contribution < 1.29 is 9.00 Å². The average Bonchev–Trinajstić information content (AvgIpc) is 2.61. The SMILES string of the molecule is Cc1ccccc1N(C(C)/C(C=O)=C/N(C)C)S(=O)c1ccc(Cl)cc1. The van der Waals surface area contributed by atoms with E-state index in [9.17, 15) is 9.00 Å². The van der Waals surface area contributed by atoms with E-state index in [-0.39, 0.29) is 6.04 Å². The van der Waals surface area contributed by atoms with E-state index in [1.807, 2.05) is 57.1 Å². The number of rotatable bonds is 7. The summed E-state index contributed by atoms with van der Waals surface area (Å²) in [6, 6.07) is 14.2. The predicted molar refractivity (Wildman–Crippen MR) is 109 cm³/mol. The van der Waals surface area contributed by atoms with Crippen LogP contribution in [0, 0.1) is 6.92 Å². The normalized spacial score (nSPS) is 13.8. The predicted octanol–water partition coefficient (Wildman–Crippen LogP) is 4.21. The highest BCUT2D eigenvalue weighted by Crippen LogP contribution is 2.29. The smallest absolute Gasteiger partial charge is 0.153 e. The summed E-state index contributed by atoms with van der Waals surface area (Å²) >= 11 is 5.96. The third kappa shape index (κ3) is 4.74. The van der Waals surface area contributed by atoms with Gasteiger partial charge in [-0.05, 0) is 49.7 Å². The van der Waals surface area contributed by atoms with Crippen molar-refractivity contribution in [3.05, 3.63) is 70.9 Å². The lowest BCUT2D eigenvalue weighted by molar-refractivity contribution is -0.105. The average molecular weight is 391 g/mol. The molecule has 0 aliphatic carbocycles. The van der Waals surface area contributed by atoms with E-state index in [4.69, 9.17) is 11.6 Å². The molecule has 0 saturated carbocycles. The van der Waals surface area contributed by atoms with Crippen LogP contribution in [0.15, 0.2) is 65.2 Å². The molecule has 26 heavy (non-hydrogen) atoms. The summed E-state index contributed by atoms with van der Waals surface area (Å²) in [5.41, 5.74) is 2.34. The minimum atomic E-state index is -1.50. The first-order chi connectivity index (χ1) is 12.3. The first kappa shape index (κ1) is 20.2. The van der Waals surface area contributed by atoms with Gasteiger partial charge in [0.05, 0.1) is 16.6 Å². The molecule has 0 fully saturated rings. The van der Waals surface area contributed by atoms with Crippen molar-refractivity contribution in [3.8, 4) is 0 Å². The Morgan fingerprint density at radius 3 is 2.27 bits per heavy atom. The van der Waals surface area contributed by atoms with E-state index in [0.717, 1.165) is 17.5 Å². The van der Waals surface area contributed by atoms with Gasteiger partial charge in [-0.1, -0.05) is 29.8 Å². The van der Waals surface area contributed by atoms with Crippen LogP contribution in [0.4, 0.5) is 5.69 Å². The van der Waals surface area contributed by atoms with Crippen molar-refractivity contribution in [1.29, 1.82) is 0 Å². The molecule has 0 radical (unpaired) electrons. The molecule has 0 aliphatic heterocycles. The Labute approximate surface area is 162 Å². The highest BCUT2D eigenvalue weighted by atomic mass is 35.5. The van der Waals surface area contributed by atoms with Crippen LogP contribution in [0.2, 0.25) is 5.02 Å². The number of nitrogens with zero attached hydrogens (tertiary/aromatic N) is 2. The second kappa shape index (κ2) is 9.01. The van der Waals surface area contributed by atoms with Gasteiger partial charge in [0.1, 0.15) is 6.29 Å². The van der Waals surface area contributed by atoms with Gasteiger partial charge in [-0.2, -0.15) is 0 Å². The number of hydrogen-bond donors (Lipinski definition) is 0. The Morgan fingerprint density at radius 1 is 1.12 bits per heavy atom. The number of aryl methyl sites for hydroxylation is 1. The molecule has 0 aromatic heterocycles. The lowest BCUT2D eigenvalue weighted by atomic mass is 10.1. The summed E-state index contributed by atoms with van der Waals surface area (Å²) in [5.74, 6) is 0. The Morgan fingerprint density at radius 2 is 1.73 bits per heavy atom. The highest BCUT2D eigenvalue weighted by molar-refractivity contribution is 7.86. The molecular formula is C20H23ClN2O2S. The van der Waals surface area contributed by atoms with Crippen LogP contribution in [0.25, 0.3) is 0 Å². The summed E-state index contributed by atoms with van der Waals surface area (Å²) < 4.78 is 15.2. The molecular weight excluding hydrogens is 368 g/mol. The topological polar surface area (TPSA) is 40.6 Å². The summed E-state index contributed by atoms with van der Waals surface area (Å²) in [5, 5.41) is 0.585. The van der Waals surface area contributed by atoms with E-state index in [1.165, 1.54) is 0 Å². The first-order valence-corrected chi connectivity index (χ1v) is 9.69. The fourth-order valence-electron chi connectivity index (χ4n) is 2.59. The van der Waals surface area contributed by atoms with Gasteiger partial charge in [-0.3, -0.25) is 9.10 Å². The Bertz CT molecular complexity index is 819. The molecule has 6 heteroatoms. The number of carbonyl (C=O) groups excluding carboxylic acids is 1. The monoisotopic (exact) mass is 390 g/mol. The number of hydrogen-bond acceptors (Lipinski definition) is 3. The van der Waals surface area contributed by atoms with Gasteiger partial charge in [0.15, 0.2) is 11.0 Å². The van der Waals surface area contributed by atoms with Crippen LogP contribution in [-0.4, -0.2) is 35.5 Å². The minimum Gasteiger partial charge on any atom is -0.383 e. The van der Waals surface area contributed by atoms with Gasteiger partial charge in [-0.25, -0.2) is 4.21 Å². The molecule has 0 spiro atoms. The molecule has 0 amide bonds. The lowest BCUT2D eigenvalue weighted by Gasteiger charge is -2.31. The number of benzene rings is 2.